The van der Waals surface area contributed by atoms with Crippen LogP contribution in [0, 0.1) is 0 Å². The molecule has 4 aromatic rings. The molecule has 0 spiro atoms. The molecular formula is C28H37N7O3. The van der Waals surface area contributed by atoms with Crippen LogP contribution in [-0.4, -0.2) is 68.1 Å². The quantitative estimate of drug-likeness (QED) is 0.243. The summed E-state index contributed by atoms with van der Waals surface area (Å²) in [6.45, 7) is 7.43. The molecule has 1 saturated heterocycles. The predicted octanol–water partition coefficient (Wildman–Crippen LogP) is 3.50. The summed E-state index contributed by atoms with van der Waals surface area (Å²) in [6.07, 6.45) is 3.26. The fraction of sp³-hybridized carbons (Fsp3) is 0.464. The van der Waals surface area contributed by atoms with Crippen LogP contribution in [0.2, 0.25) is 0 Å². The number of nitrogens with one attached hydrogen (secondary N) is 1. The fourth-order valence-electron chi connectivity index (χ4n) is 4.66. The van der Waals surface area contributed by atoms with Crippen LogP contribution in [0.3, 0.4) is 0 Å². The molecule has 1 aliphatic heterocycles. The second-order valence-electron chi connectivity index (χ2n) is 10.4. The summed E-state index contributed by atoms with van der Waals surface area (Å²) in [5, 5.41) is 18.1. The summed E-state index contributed by atoms with van der Waals surface area (Å²) in [5.74, 6) is 0.960. The van der Waals surface area contributed by atoms with Gasteiger partial charge >= 0.3 is 0 Å². The molecule has 0 radical (unpaired) electrons. The summed E-state index contributed by atoms with van der Waals surface area (Å²) in [7, 11) is 3.93. The van der Waals surface area contributed by atoms with Gasteiger partial charge in [-0.25, -0.2) is 9.97 Å². The maximum Gasteiger partial charge on any atom is 0.117 e. The molecule has 202 valence electrons. The second kappa shape index (κ2) is 11.1. The van der Waals surface area contributed by atoms with E-state index in [0.29, 0.717) is 39.4 Å². The zero-order chi connectivity index (χ0) is 26.7. The Morgan fingerprint density at radius 1 is 1.08 bits per heavy atom. The Kier molecular flexibility index (Phi) is 7.64. The molecule has 1 aliphatic rings. The van der Waals surface area contributed by atoms with E-state index in [1.54, 1.807) is 4.68 Å². The van der Waals surface area contributed by atoms with E-state index in [1.165, 1.54) is 0 Å². The Balaban J connectivity index is 1.31. The van der Waals surface area contributed by atoms with Crippen LogP contribution in [0.15, 0.2) is 42.6 Å². The van der Waals surface area contributed by atoms with Crippen LogP contribution in [0.4, 0.5) is 11.4 Å². The molecule has 3 aromatic heterocycles. The number of fused-ring (bicyclic) bond motifs is 1. The van der Waals surface area contributed by atoms with Crippen LogP contribution in [0.1, 0.15) is 31.8 Å². The van der Waals surface area contributed by atoms with Gasteiger partial charge in [-0.2, -0.15) is 5.10 Å². The van der Waals surface area contributed by atoms with E-state index in [0.717, 1.165) is 58.4 Å². The fourth-order valence-corrected chi connectivity index (χ4v) is 4.66. The third-order valence-electron chi connectivity index (χ3n) is 6.80. The number of aryl methyl sites for hydroxylation is 3. The van der Waals surface area contributed by atoms with Crippen molar-refractivity contribution in [3.05, 3.63) is 54.1 Å². The second-order valence-corrected chi connectivity index (χ2v) is 10.4. The van der Waals surface area contributed by atoms with Crippen molar-refractivity contribution in [3.63, 3.8) is 0 Å². The minimum absolute atomic E-state index is 0.335. The number of aromatic nitrogens is 5. The minimum atomic E-state index is -0.729. The highest BCUT2D eigenvalue weighted by Gasteiger charge is 2.20. The molecule has 10 heteroatoms. The van der Waals surface area contributed by atoms with Gasteiger partial charge in [-0.1, -0.05) is 6.07 Å². The molecule has 4 heterocycles. The van der Waals surface area contributed by atoms with Gasteiger partial charge in [-0.15, -0.1) is 0 Å². The highest BCUT2D eigenvalue weighted by atomic mass is 16.5. The number of nitrogens with zero attached hydrogens (tertiary/aromatic N) is 6. The van der Waals surface area contributed by atoms with Gasteiger partial charge in [-0.05, 0) is 50.6 Å². The maximum atomic E-state index is 10.2. The Morgan fingerprint density at radius 2 is 1.89 bits per heavy atom. The smallest absolute Gasteiger partial charge is 0.117 e. The Bertz CT molecular complexity index is 1380. The van der Waals surface area contributed by atoms with E-state index in [2.05, 4.69) is 32.0 Å². The van der Waals surface area contributed by atoms with Gasteiger partial charge in [0.2, 0.25) is 0 Å². The average molecular weight is 520 g/mol. The molecule has 1 aromatic carbocycles. The molecule has 0 saturated carbocycles. The van der Waals surface area contributed by atoms with Gasteiger partial charge in [0.25, 0.3) is 0 Å². The van der Waals surface area contributed by atoms with Gasteiger partial charge in [0.15, 0.2) is 0 Å². The molecule has 0 bridgehead atoms. The summed E-state index contributed by atoms with van der Waals surface area (Å²) in [5.41, 5.74) is 5.86. The molecule has 1 fully saturated rings. The molecule has 10 nitrogen and oxygen atoms in total. The minimum Gasteiger partial charge on any atom is -0.390 e. The summed E-state index contributed by atoms with van der Waals surface area (Å²) in [6, 6.07) is 12.1. The van der Waals surface area contributed by atoms with Crippen molar-refractivity contribution in [2.45, 2.75) is 38.9 Å². The van der Waals surface area contributed by atoms with Crippen molar-refractivity contribution < 1.29 is 14.6 Å². The summed E-state index contributed by atoms with van der Waals surface area (Å²) in [4.78, 5) is 11.9. The third-order valence-corrected chi connectivity index (χ3v) is 6.80. The predicted molar refractivity (Wildman–Crippen MR) is 148 cm³/mol. The monoisotopic (exact) mass is 519 g/mol. The van der Waals surface area contributed by atoms with Crippen molar-refractivity contribution in [3.8, 4) is 11.4 Å². The normalized spacial score (nSPS) is 14.4. The standard InChI is InChI=1S/C28H37N7O3/c1-28(2,36)10-8-27-31-24-17-26(35-12-14-37-15-13-35)23(16-25(24)34(27)4)29-19-38-18-20-6-5-7-21(30-20)22-9-11-33(3)32-22/h5-7,9,11,16-17,29,36H,8,10,12-15,18-19H2,1-4H3. The highest BCUT2D eigenvalue weighted by molar-refractivity contribution is 5.89. The zero-order valence-corrected chi connectivity index (χ0v) is 22.6. The van der Waals surface area contributed by atoms with E-state index in [-0.39, 0.29) is 0 Å². The van der Waals surface area contributed by atoms with E-state index in [4.69, 9.17) is 19.4 Å². The van der Waals surface area contributed by atoms with E-state index >= 15 is 0 Å². The van der Waals surface area contributed by atoms with Gasteiger partial charge < -0.3 is 29.4 Å². The number of benzene rings is 1. The van der Waals surface area contributed by atoms with Crippen LogP contribution in [-0.2, 0) is 36.6 Å². The van der Waals surface area contributed by atoms with Crippen LogP contribution in [0.25, 0.3) is 22.4 Å². The molecule has 2 N–H and O–H groups in total. The van der Waals surface area contributed by atoms with Crippen molar-refractivity contribution in [1.82, 2.24) is 24.3 Å². The topological polar surface area (TPSA) is 102 Å². The number of morpholine rings is 1. The van der Waals surface area contributed by atoms with Crippen molar-refractivity contribution >= 4 is 22.4 Å². The largest absolute Gasteiger partial charge is 0.390 e. The van der Waals surface area contributed by atoms with Crippen LogP contribution < -0.4 is 10.2 Å². The number of aliphatic hydroxyl groups is 1. The number of rotatable bonds is 10. The summed E-state index contributed by atoms with van der Waals surface area (Å²) >= 11 is 0. The number of anilines is 2. The molecule has 5 rings (SSSR count). The number of ether oxygens (including phenoxy) is 2. The first-order valence-electron chi connectivity index (χ1n) is 13.1. The lowest BCUT2D eigenvalue weighted by atomic mass is 10.0. The average Bonchev–Trinajstić information content (AvgIpc) is 3.48. The number of hydrogen-bond donors (Lipinski definition) is 2. The lowest BCUT2D eigenvalue weighted by molar-refractivity contribution is 0.0706. The molecule has 0 amide bonds. The SMILES string of the molecule is Cn1ccc(-c2cccc(COCNc3cc4c(cc3N3CCOCC3)nc(CCC(C)(C)O)n4C)n2)n1. The Labute approximate surface area is 223 Å². The first-order chi connectivity index (χ1) is 18.3. The van der Waals surface area contributed by atoms with Gasteiger partial charge in [0.1, 0.15) is 18.2 Å². The number of pyridine rings is 1. The van der Waals surface area contributed by atoms with E-state index in [9.17, 15) is 5.11 Å². The summed E-state index contributed by atoms with van der Waals surface area (Å²) < 4.78 is 15.5. The molecule has 38 heavy (non-hydrogen) atoms. The lowest BCUT2D eigenvalue weighted by Crippen LogP contribution is -2.36. The van der Waals surface area contributed by atoms with Crippen molar-refractivity contribution in [2.75, 3.05) is 43.3 Å². The maximum absolute atomic E-state index is 10.2. The number of hydrogen-bond acceptors (Lipinski definition) is 8. The Morgan fingerprint density at radius 3 is 2.63 bits per heavy atom. The lowest BCUT2D eigenvalue weighted by Gasteiger charge is -2.30. The molecule has 0 atom stereocenters. The molecule has 0 aliphatic carbocycles. The van der Waals surface area contributed by atoms with Crippen LogP contribution in [0.5, 0.6) is 0 Å². The number of imidazole rings is 1. The molecule has 0 unspecified atom stereocenters. The van der Waals surface area contributed by atoms with Crippen molar-refractivity contribution in [2.24, 2.45) is 14.1 Å². The molecular weight excluding hydrogens is 482 g/mol. The Hall–Kier alpha value is -3.47. The first kappa shape index (κ1) is 26.1. The van der Waals surface area contributed by atoms with Gasteiger partial charge in [0, 0.05) is 39.8 Å². The van der Waals surface area contributed by atoms with Gasteiger partial charge in [0.05, 0.1) is 59.2 Å². The third kappa shape index (κ3) is 6.15. The zero-order valence-electron chi connectivity index (χ0n) is 22.6. The van der Waals surface area contributed by atoms with E-state index < -0.39 is 5.60 Å². The van der Waals surface area contributed by atoms with Crippen LogP contribution >= 0.6 is 0 Å². The highest BCUT2D eigenvalue weighted by Crippen LogP contribution is 2.32. The van der Waals surface area contributed by atoms with E-state index in [1.807, 2.05) is 58.4 Å². The first-order valence-corrected chi connectivity index (χ1v) is 13.1. The van der Waals surface area contributed by atoms with Crippen molar-refractivity contribution in [1.29, 1.82) is 0 Å². The van der Waals surface area contributed by atoms with Gasteiger partial charge in [-0.3, -0.25) is 4.68 Å².